The van der Waals surface area contributed by atoms with Crippen LogP contribution < -0.4 is 9.80 Å². The largest absolute Gasteiger partial charge is 0.870 e. The predicted octanol–water partition coefficient (Wildman–Crippen LogP) is 1.77. The van der Waals surface area contributed by atoms with Crippen molar-refractivity contribution in [1.29, 1.82) is 0 Å². The molecule has 100 valence electrons. The lowest BCUT2D eigenvalue weighted by Gasteiger charge is -2.29. The van der Waals surface area contributed by atoms with Gasteiger partial charge in [-0.15, -0.1) is 0 Å². The van der Waals surface area contributed by atoms with Crippen molar-refractivity contribution in [2.24, 2.45) is 0 Å². The lowest BCUT2D eigenvalue weighted by molar-refractivity contribution is -0.117. The van der Waals surface area contributed by atoms with Crippen LogP contribution in [0.15, 0.2) is 42.5 Å². The molecule has 0 unspecified atom stereocenters. The summed E-state index contributed by atoms with van der Waals surface area (Å²) in [5.41, 5.74) is 1.78. The fraction of sp³-hybridized carbons (Fsp3) is 0.357. The summed E-state index contributed by atoms with van der Waals surface area (Å²) < 4.78 is 0.747. The first kappa shape index (κ1) is 16.4. The van der Waals surface area contributed by atoms with E-state index in [4.69, 9.17) is 0 Å². The Morgan fingerprint density at radius 3 is 2.33 bits per heavy atom. The molecule has 0 spiro atoms. The SMILES string of the molecule is C=C(C)C(=O)NCC[N+](C)(C)c1ccccc1.[OH-]. The van der Waals surface area contributed by atoms with Gasteiger partial charge in [0.15, 0.2) is 0 Å². The molecular weight excluding hydrogens is 228 g/mol. The number of carbonyl (C=O) groups is 1. The van der Waals surface area contributed by atoms with Crippen molar-refractivity contribution >= 4 is 11.6 Å². The number of nitrogens with zero attached hydrogens (tertiary/aromatic N) is 1. The first-order valence-corrected chi connectivity index (χ1v) is 5.76. The minimum absolute atomic E-state index is 0. The van der Waals surface area contributed by atoms with Crippen molar-refractivity contribution in [3.05, 3.63) is 42.5 Å². The molecule has 0 heterocycles. The molecule has 2 N–H and O–H groups in total. The fourth-order valence-electron chi connectivity index (χ4n) is 1.56. The van der Waals surface area contributed by atoms with E-state index in [1.807, 2.05) is 18.2 Å². The Balaban J connectivity index is 0.00000289. The molecule has 0 saturated heterocycles. The van der Waals surface area contributed by atoms with Gasteiger partial charge in [-0.3, -0.25) is 9.28 Å². The van der Waals surface area contributed by atoms with E-state index in [1.165, 1.54) is 5.69 Å². The van der Waals surface area contributed by atoms with E-state index in [-0.39, 0.29) is 11.4 Å². The molecule has 0 saturated carbocycles. The normalized spacial score (nSPS) is 10.4. The Morgan fingerprint density at radius 2 is 1.83 bits per heavy atom. The molecule has 1 aromatic rings. The third-order valence-corrected chi connectivity index (χ3v) is 2.80. The van der Waals surface area contributed by atoms with Crippen LogP contribution in [0.4, 0.5) is 5.69 Å². The summed E-state index contributed by atoms with van der Waals surface area (Å²) in [7, 11) is 4.25. The highest BCUT2D eigenvalue weighted by molar-refractivity contribution is 5.92. The van der Waals surface area contributed by atoms with Crippen molar-refractivity contribution in [3.63, 3.8) is 0 Å². The number of amides is 1. The van der Waals surface area contributed by atoms with Crippen LogP contribution in [0.1, 0.15) is 6.92 Å². The number of benzene rings is 1. The zero-order valence-corrected chi connectivity index (χ0v) is 11.3. The first-order valence-electron chi connectivity index (χ1n) is 5.76. The number of hydrogen-bond donors (Lipinski definition) is 1. The Hall–Kier alpha value is -1.65. The summed E-state index contributed by atoms with van der Waals surface area (Å²) in [5.74, 6) is -0.0712. The maximum absolute atomic E-state index is 11.3. The Bertz CT molecular complexity index is 400. The van der Waals surface area contributed by atoms with Gasteiger partial charge in [0.05, 0.1) is 20.6 Å². The molecule has 18 heavy (non-hydrogen) atoms. The van der Waals surface area contributed by atoms with Crippen molar-refractivity contribution in [1.82, 2.24) is 9.80 Å². The molecule has 0 aliphatic carbocycles. The zero-order chi connectivity index (χ0) is 12.9. The van der Waals surface area contributed by atoms with Gasteiger partial charge in [-0.1, -0.05) is 24.8 Å². The topological polar surface area (TPSA) is 59.1 Å². The van der Waals surface area contributed by atoms with Crippen LogP contribution in [-0.4, -0.2) is 38.6 Å². The van der Waals surface area contributed by atoms with Gasteiger partial charge in [-0.05, 0) is 19.1 Å². The van der Waals surface area contributed by atoms with Gasteiger partial charge in [0, 0.05) is 5.57 Å². The Labute approximate surface area is 109 Å². The summed E-state index contributed by atoms with van der Waals surface area (Å²) >= 11 is 0. The highest BCUT2D eigenvalue weighted by atomic mass is 16.1. The maximum atomic E-state index is 11.3. The molecular formula is C14H22N2O2. The molecule has 1 amide bonds. The highest BCUT2D eigenvalue weighted by Crippen LogP contribution is 2.16. The van der Waals surface area contributed by atoms with E-state index in [1.54, 1.807) is 6.92 Å². The average Bonchev–Trinajstić information content (AvgIpc) is 2.29. The molecule has 0 atom stereocenters. The van der Waals surface area contributed by atoms with E-state index >= 15 is 0 Å². The van der Waals surface area contributed by atoms with Crippen molar-refractivity contribution in [3.8, 4) is 0 Å². The fourth-order valence-corrected chi connectivity index (χ4v) is 1.56. The highest BCUT2D eigenvalue weighted by Gasteiger charge is 2.18. The van der Waals surface area contributed by atoms with Crippen LogP contribution in [0.3, 0.4) is 0 Å². The number of quaternary nitrogens is 1. The van der Waals surface area contributed by atoms with E-state index in [0.29, 0.717) is 12.1 Å². The van der Waals surface area contributed by atoms with Gasteiger partial charge < -0.3 is 10.8 Å². The van der Waals surface area contributed by atoms with Crippen molar-refractivity contribution in [2.45, 2.75) is 6.92 Å². The smallest absolute Gasteiger partial charge is 0.246 e. The van der Waals surface area contributed by atoms with E-state index < -0.39 is 0 Å². The first-order chi connectivity index (χ1) is 7.93. The van der Waals surface area contributed by atoms with Gasteiger partial charge in [0.1, 0.15) is 12.2 Å². The van der Waals surface area contributed by atoms with Gasteiger partial charge in [-0.25, -0.2) is 0 Å². The van der Waals surface area contributed by atoms with Crippen molar-refractivity contribution in [2.75, 3.05) is 27.2 Å². The van der Waals surface area contributed by atoms with Gasteiger partial charge >= 0.3 is 0 Å². The number of likely N-dealkylation sites (N-methyl/N-ethyl adjacent to an activating group) is 1. The van der Waals surface area contributed by atoms with Crippen molar-refractivity contribution < 1.29 is 10.3 Å². The molecule has 0 fully saturated rings. The minimum Gasteiger partial charge on any atom is -0.870 e. The lowest BCUT2D eigenvalue weighted by atomic mass is 10.2. The summed E-state index contributed by atoms with van der Waals surface area (Å²) in [6.07, 6.45) is 0. The minimum atomic E-state index is -0.0712. The third-order valence-electron chi connectivity index (χ3n) is 2.80. The van der Waals surface area contributed by atoms with E-state index in [2.05, 4.69) is 38.1 Å². The number of rotatable bonds is 5. The van der Waals surface area contributed by atoms with E-state index in [0.717, 1.165) is 11.0 Å². The monoisotopic (exact) mass is 250 g/mol. The lowest BCUT2D eigenvalue weighted by Crippen LogP contribution is -2.46. The summed E-state index contributed by atoms with van der Waals surface area (Å²) in [6.45, 7) is 6.82. The van der Waals surface area contributed by atoms with Gasteiger partial charge in [-0.2, -0.15) is 0 Å². The summed E-state index contributed by atoms with van der Waals surface area (Å²) in [6, 6.07) is 10.3. The second kappa shape index (κ2) is 6.93. The Kier molecular flexibility index (Phi) is 6.30. The summed E-state index contributed by atoms with van der Waals surface area (Å²) in [4.78, 5) is 11.3. The molecule has 0 aromatic heterocycles. The number of carbonyl (C=O) groups excluding carboxylic acids is 1. The number of hydrogen-bond acceptors (Lipinski definition) is 2. The Morgan fingerprint density at radius 1 is 1.28 bits per heavy atom. The quantitative estimate of drug-likeness (QED) is 0.639. The zero-order valence-electron chi connectivity index (χ0n) is 11.3. The molecule has 1 rings (SSSR count). The van der Waals surface area contributed by atoms with Crippen LogP contribution in [0.25, 0.3) is 0 Å². The second-order valence-electron chi connectivity index (χ2n) is 4.78. The molecule has 0 aliphatic rings. The van der Waals surface area contributed by atoms with Gasteiger partial charge in [0.25, 0.3) is 0 Å². The molecule has 1 aromatic carbocycles. The molecule has 4 nitrogen and oxygen atoms in total. The molecule has 4 heteroatoms. The maximum Gasteiger partial charge on any atom is 0.246 e. The molecule has 0 aliphatic heterocycles. The molecule has 0 radical (unpaired) electrons. The number of nitrogens with one attached hydrogen (secondary N) is 1. The van der Waals surface area contributed by atoms with Gasteiger partial charge in [0.2, 0.25) is 5.91 Å². The average molecular weight is 250 g/mol. The van der Waals surface area contributed by atoms with Crippen LogP contribution in [0, 0.1) is 0 Å². The number of para-hydroxylation sites is 1. The standard InChI is InChI=1S/C14H20N2O.H2O/c1-12(2)14(17)15-10-11-16(3,4)13-8-6-5-7-9-13;/h5-9H,1,10-11H2,2-4H3;1H2. The van der Waals surface area contributed by atoms with E-state index in [9.17, 15) is 4.79 Å². The van der Waals surface area contributed by atoms with Crippen LogP contribution >= 0.6 is 0 Å². The predicted molar refractivity (Wildman–Crippen MR) is 74.7 cm³/mol. The summed E-state index contributed by atoms with van der Waals surface area (Å²) in [5, 5.41) is 2.85. The third kappa shape index (κ3) is 4.69. The van der Waals surface area contributed by atoms with Crippen LogP contribution in [-0.2, 0) is 4.79 Å². The van der Waals surface area contributed by atoms with Crippen LogP contribution in [0.5, 0.6) is 0 Å². The molecule has 0 bridgehead atoms. The van der Waals surface area contributed by atoms with Crippen LogP contribution in [0.2, 0.25) is 0 Å². The second-order valence-corrected chi connectivity index (χ2v) is 4.78.